The first-order chi connectivity index (χ1) is 8.87. The highest BCUT2D eigenvalue weighted by atomic mass is 16.6. The van der Waals surface area contributed by atoms with Crippen LogP contribution in [0.3, 0.4) is 0 Å². The first kappa shape index (κ1) is 13.9. The van der Waals surface area contributed by atoms with Crippen molar-refractivity contribution in [1.29, 1.82) is 0 Å². The molecule has 0 fully saturated rings. The van der Waals surface area contributed by atoms with Crippen LogP contribution in [0.25, 0.3) is 0 Å². The minimum Gasteiger partial charge on any atom is -0.444 e. The van der Waals surface area contributed by atoms with Gasteiger partial charge in [-0.2, -0.15) is 0 Å². The summed E-state index contributed by atoms with van der Waals surface area (Å²) in [6, 6.07) is 4.16. The molecule has 1 aliphatic heterocycles. The average Bonchev–Trinajstić information content (AvgIpc) is 2.31. The summed E-state index contributed by atoms with van der Waals surface area (Å²) in [6.45, 7) is 9.41. The number of carbonyl (C=O) groups excluding carboxylic acids is 1. The van der Waals surface area contributed by atoms with Crippen molar-refractivity contribution < 1.29 is 9.53 Å². The van der Waals surface area contributed by atoms with Crippen LogP contribution in [0.5, 0.6) is 0 Å². The van der Waals surface area contributed by atoms with Crippen LogP contribution in [0.2, 0.25) is 0 Å². The zero-order valence-corrected chi connectivity index (χ0v) is 12.1. The van der Waals surface area contributed by atoms with Gasteiger partial charge >= 0.3 is 6.09 Å². The zero-order valence-electron chi connectivity index (χ0n) is 12.1. The van der Waals surface area contributed by atoms with Gasteiger partial charge in [0.2, 0.25) is 0 Å². The third-order valence-corrected chi connectivity index (χ3v) is 3.11. The second-order valence-electron chi connectivity index (χ2n) is 5.95. The maximum absolute atomic E-state index is 11.9. The van der Waals surface area contributed by atoms with Crippen LogP contribution in [0.4, 0.5) is 10.5 Å². The Morgan fingerprint density at radius 2 is 2.11 bits per heavy atom. The van der Waals surface area contributed by atoms with E-state index in [9.17, 15) is 4.79 Å². The van der Waals surface area contributed by atoms with E-state index < -0.39 is 5.60 Å². The molecule has 2 N–H and O–H groups in total. The summed E-state index contributed by atoms with van der Waals surface area (Å²) in [5.74, 6) is 0. The molecule has 0 spiro atoms. The van der Waals surface area contributed by atoms with Crippen LogP contribution < -0.4 is 10.6 Å². The van der Waals surface area contributed by atoms with Gasteiger partial charge in [-0.25, -0.2) is 4.79 Å². The van der Waals surface area contributed by atoms with E-state index in [1.165, 1.54) is 11.1 Å². The van der Waals surface area contributed by atoms with Crippen LogP contribution >= 0.6 is 0 Å². The molecule has 0 aromatic heterocycles. The van der Waals surface area contributed by atoms with Gasteiger partial charge < -0.3 is 10.1 Å². The summed E-state index contributed by atoms with van der Waals surface area (Å²) >= 11 is 0. The van der Waals surface area contributed by atoms with Gasteiger partial charge in [0, 0.05) is 6.54 Å². The number of hydrogen-bond acceptors (Lipinski definition) is 3. The van der Waals surface area contributed by atoms with Crippen molar-refractivity contribution in [2.24, 2.45) is 0 Å². The van der Waals surface area contributed by atoms with Gasteiger partial charge in [0.25, 0.3) is 0 Å². The standard InChI is InChI=1S/C15H22N2O2/c1-10-5-6-11-9-16-8-7-12(11)13(10)17-14(18)19-15(2,3)4/h5-6,16H,7-9H2,1-4H3,(H,17,18). The predicted octanol–water partition coefficient (Wildman–Crippen LogP) is 2.99. The molecule has 1 aromatic rings. The number of benzene rings is 1. The Morgan fingerprint density at radius 1 is 1.37 bits per heavy atom. The summed E-state index contributed by atoms with van der Waals surface area (Å²) in [7, 11) is 0. The maximum Gasteiger partial charge on any atom is 0.412 e. The maximum atomic E-state index is 11.9. The first-order valence-corrected chi connectivity index (χ1v) is 6.69. The summed E-state index contributed by atoms with van der Waals surface area (Å²) in [5, 5.41) is 6.24. The zero-order chi connectivity index (χ0) is 14.0. The van der Waals surface area contributed by atoms with Crippen molar-refractivity contribution in [3.8, 4) is 0 Å². The number of fused-ring (bicyclic) bond motifs is 1. The Bertz CT molecular complexity index is 490. The molecule has 0 aliphatic carbocycles. The molecule has 1 aliphatic rings. The van der Waals surface area contributed by atoms with Crippen LogP contribution in [0.15, 0.2) is 12.1 Å². The lowest BCUT2D eigenvalue weighted by molar-refractivity contribution is 0.0635. The highest BCUT2D eigenvalue weighted by Gasteiger charge is 2.20. The Hall–Kier alpha value is -1.55. The highest BCUT2D eigenvalue weighted by molar-refractivity contribution is 5.87. The van der Waals surface area contributed by atoms with Crippen LogP contribution in [-0.4, -0.2) is 18.2 Å². The van der Waals surface area contributed by atoms with E-state index >= 15 is 0 Å². The van der Waals surface area contributed by atoms with Crippen molar-refractivity contribution in [2.45, 2.75) is 46.3 Å². The first-order valence-electron chi connectivity index (χ1n) is 6.69. The molecule has 0 saturated heterocycles. The van der Waals surface area contributed by atoms with Crippen molar-refractivity contribution in [2.75, 3.05) is 11.9 Å². The van der Waals surface area contributed by atoms with E-state index in [-0.39, 0.29) is 6.09 Å². The van der Waals surface area contributed by atoms with Crippen LogP contribution in [0.1, 0.15) is 37.5 Å². The van der Waals surface area contributed by atoms with E-state index in [2.05, 4.69) is 16.7 Å². The van der Waals surface area contributed by atoms with Gasteiger partial charge in [0.15, 0.2) is 0 Å². The molecule has 0 atom stereocenters. The molecule has 1 heterocycles. The minimum absolute atomic E-state index is 0.387. The fourth-order valence-electron chi connectivity index (χ4n) is 2.28. The lowest BCUT2D eigenvalue weighted by Gasteiger charge is -2.24. The molecule has 19 heavy (non-hydrogen) atoms. The monoisotopic (exact) mass is 262 g/mol. The number of aryl methyl sites for hydroxylation is 1. The van der Waals surface area contributed by atoms with E-state index in [0.717, 1.165) is 30.8 Å². The number of ether oxygens (including phenoxy) is 1. The lowest BCUT2D eigenvalue weighted by atomic mass is 9.96. The molecule has 0 radical (unpaired) electrons. The van der Waals surface area contributed by atoms with E-state index in [1.807, 2.05) is 33.8 Å². The Morgan fingerprint density at radius 3 is 2.79 bits per heavy atom. The predicted molar refractivity (Wildman–Crippen MR) is 76.4 cm³/mol. The fraction of sp³-hybridized carbons (Fsp3) is 0.533. The van der Waals surface area contributed by atoms with Crippen molar-refractivity contribution >= 4 is 11.8 Å². The van der Waals surface area contributed by atoms with E-state index in [4.69, 9.17) is 4.74 Å². The summed E-state index contributed by atoms with van der Waals surface area (Å²) in [4.78, 5) is 11.9. The molecule has 2 rings (SSSR count). The largest absolute Gasteiger partial charge is 0.444 e. The second-order valence-corrected chi connectivity index (χ2v) is 5.95. The fourth-order valence-corrected chi connectivity index (χ4v) is 2.28. The molecule has 104 valence electrons. The van der Waals surface area contributed by atoms with Gasteiger partial charge in [-0.15, -0.1) is 0 Å². The van der Waals surface area contributed by atoms with Crippen molar-refractivity contribution in [3.63, 3.8) is 0 Å². The molecule has 1 amide bonds. The van der Waals surface area contributed by atoms with Crippen LogP contribution in [0, 0.1) is 6.92 Å². The van der Waals surface area contributed by atoms with E-state index in [1.54, 1.807) is 0 Å². The average molecular weight is 262 g/mol. The molecule has 0 bridgehead atoms. The second kappa shape index (κ2) is 5.21. The Balaban J connectivity index is 2.22. The molecule has 1 aromatic carbocycles. The van der Waals surface area contributed by atoms with Gasteiger partial charge in [-0.1, -0.05) is 12.1 Å². The van der Waals surface area contributed by atoms with Crippen molar-refractivity contribution in [1.82, 2.24) is 5.32 Å². The molecular weight excluding hydrogens is 240 g/mol. The van der Waals surface area contributed by atoms with E-state index in [0.29, 0.717) is 0 Å². The van der Waals surface area contributed by atoms with Crippen LogP contribution in [-0.2, 0) is 17.7 Å². The third kappa shape index (κ3) is 3.47. The Labute approximate surface area is 114 Å². The lowest BCUT2D eigenvalue weighted by Crippen LogP contribution is -2.29. The number of hydrogen-bond donors (Lipinski definition) is 2. The smallest absolute Gasteiger partial charge is 0.412 e. The summed E-state index contributed by atoms with van der Waals surface area (Å²) < 4.78 is 5.32. The molecule has 4 nitrogen and oxygen atoms in total. The topological polar surface area (TPSA) is 50.4 Å². The normalized spacial score (nSPS) is 14.7. The molecule has 0 unspecified atom stereocenters. The Kier molecular flexibility index (Phi) is 3.80. The highest BCUT2D eigenvalue weighted by Crippen LogP contribution is 2.27. The van der Waals surface area contributed by atoms with Gasteiger partial charge in [0.1, 0.15) is 5.60 Å². The van der Waals surface area contributed by atoms with Crippen molar-refractivity contribution in [3.05, 3.63) is 28.8 Å². The van der Waals surface area contributed by atoms with Gasteiger partial charge in [0.05, 0.1) is 5.69 Å². The quantitative estimate of drug-likeness (QED) is 0.818. The summed E-state index contributed by atoms with van der Waals surface area (Å²) in [6.07, 6.45) is 0.546. The van der Waals surface area contributed by atoms with Gasteiger partial charge in [-0.05, 0) is 57.4 Å². The number of carbonyl (C=O) groups is 1. The summed E-state index contributed by atoms with van der Waals surface area (Å²) in [5.41, 5.74) is 3.99. The molecule has 0 saturated carbocycles. The minimum atomic E-state index is -0.478. The molecule has 4 heteroatoms. The molecular formula is C15H22N2O2. The number of rotatable bonds is 1. The SMILES string of the molecule is Cc1ccc2c(c1NC(=O)OC(C)(C)C)CCNC2. The van der Waals surface area contributed by atoms with Gasteiger partial charge in [-0.3, -0.25) is 5.32 Å². The number of nitrogens with one attached hydrogen (secondary N) is 2. The number of anilines is 1. The number of amides is 1. The third-order valence-electron chi connectivity index (χ3n) is 3.11.